The van der Waals surface area contributed by atoms with Gasteiger partial charge in [0, 0.05) is 16.5 Å². The highest BCUT2D eigenvalue weighted by molar-refractivity contribution is 8.26. The Morgan fingerprint density at radius 3 is 2.59 bits per heavy atom. The third-order valence-electron chi connectivity index (χ3n) is 4.25. The molecule has 2 N–H and O–H groups in total. The van der Waals surface area contributed by atoms with Crippen LogP contribution in [0.4, 0.5) is 0 Å². The molecule has 3 aromatic rings. The third-order valence-corrected chi connectivity index (χ3v) is 5.63. The van der Waals surface area contributed by atoms with Gasteiger partial charge in [-0.05, 0) is 17.7 Å². The van der Waals surface area contributed by atoms with Gasteiger partial charge in [0.2, 0.25) is 0 Å². The van der Waals surface area contributed by atoms with Crippen molar-refractivity contribution < 1.29 is 14.7 Å². The Bertz CT molecular complexity index is 1100. The molecule has 0 bridgehead atoms. The lowest BCUT2D eigenvalue weighted by atomic mass is 10.0. The maximum atomic E-state index is 12.6. The maximum Gasteiger partial charge on any atom is 0.323 e. The minimum atomic E-state index is -1.09. The number of carbonyl (C=O) groups excluding carboxylic acids is 1. The molecule has 1 saturated heterocycles. The fourth-order valence-corrected chi connectivity index (χ4v) is 4.29. The van der Waals surface area contributed by atoms with Crippen molar-refractivity contribution in [3.63, 3.8) is 0 Å². The number of para-hydroxylation sites is 1. The molecular weight excluding hydrogens is 380 g/mol. The first-order valence-electron chi connectivity index (χ1n) is 8.18. The Labute approximate surface area is 164 Å². The van der Waals surface area contributed by atoms with Gasteiger partial charge in [0.25, 0.3) is 5.91 Å². The Hall–Kier alpha value is -2.90. The summed E-state index contributed by atoms with van der Waals surface area (Å²) in [6.07, 6.45) is 1.79. The second-order valence-corrected chi connectivity index (χ2v) is 7.66. The van der Waals surface area contributed by atoms with E-state index in [-0.39, 0.29) is 10.2 Å². The van der Waals surface area contributed by atoms with Gasteiger partial charge in [-0.2, -0.15) is 0 Å². The molecule has 1 aliphatic rings. The monoisotopic (exact) mass is 394 g/mol. The summed E-state index contributed by atoms with van der Waals surface area (Å²) in [6.45, 7) is -0.429. The van der Waals surface area contributed by atoms with Gasteiger partial charge in [-0.15, -0.1) is 0 Å². The zero-order chi connectivity index (χ0) is 19.0. The third kappa shape index (κ3) is 3.27. The minimum Gasteiger partial charge on any atom is -0.480 e. The van der Waals surface area contributed by atoms with Crippen molar-refractivity contribution >= 4 is 57.2 Å². The average molecular weight is 394 g/mol. The van der Waals surface area contributed by atoms with Crippen molar-refractivity contribution in [1.29, 1.82) is 0 Å². The largest absolute Gasteiger partial charge is 0.480 e. The Morgan fingerprint density at radius 2 is 1.85 bits per heavy atom. The van der Waals surface area contributed by atoms with Crippen LogP contribution in [0.5, 0.6) is 0 Å². The van der Waals surface area contributed by atoms with E-state index < -0.39 is 12.5 Å². The molecule has 0 aliphatic carbocycles. The van der Waals surface area contributed by atoms with Crippen LogP contribution in [0.25, 0.3) is 28.2 Å². The van der Waals surface area contributed by atoms with Crippen LogP contribution in [0.3, 0.4) is 0 Å². The van der Waals surface area contributed by atoms with Crippen molar-refractivity contribution in [3.8, 4) is 11.3 Å². The summed E-state index contributed by atoms with van der Waals surface area (Å²) in [7, 11) is 0. The number of carboxylic acid groups (broad SMARTS) is 1. The van der Waals surface area contributed by atoms with E-state index in [1.54, 1.807) is 6.08 Å². The van der Waals surface area contributed by atoms with Gasteiger partial charge in [0.05, 0.1) is 10.6 Å². The molecule has 0 radical (unpaired) electrons. The lowest BCUT2D eigenvalue weighted by molar-refractivity contribution is -0.140. The molecule has 27 heavy (non-hydrogen) atoms. The average Bonchev–Trinajstić information content (AvgIpc) is 3.15. The van der Waals surface area contributed by atoms with Crippen LogP contribution in [0.15, 0.2) is 59.5 Å². The first-order chi connectivity index (χ1) is 13.0. The molecule has 1 fully saturated rings. The second kappa shape index (κ2) is 7.02. The Balaban J connectivity index is 1.84. The molecule has 7 heteroatoms. The molecular formula is C20H14N2O3S2. The van der Waals surface area contributed by atoms with Crippen LogP contribution < -0.4 is 0 Å². The van der Waals surface area contributed by atoms with E-state index in [9.17, 15) is 9.59 Å². The fourth-order valence-electron chi connectivity index (χ4n) is 3.05. The molecule has 1 aromatic heterocycles. The van der Waals surface area contributed by atoms with Gasteiger partial charge >= 0.3 is 5.97 Å². The van der Waals surface area contributed by atoms with E-state index in [1.807, 2.05) is 54.6 Å². The van der Waals surface area contributed by atoms with E-state index >= 15 is 0 Å². The molecule has 5 nitrogen and oxygen atoms in total. The summed E-state index contributed by atoms with van der Waals surface area (Å²) < 4.78 is 0.259. The topological polar surface area (TPSA) is 73.4 Å². The maximum absolute atomic E-state index is 12.6. The molecule has 0 unspecified atom stereocenters. The highest BCUT2D eigenvalue weighted by Gasteiger charge is 2.33. The van der Waals surface area contributed by atoms with Crippen LogP contribution in [0.2, 0.25) is 0 Å². The second-order valence-electron chi connectivity index (χ2n) is 5.99. The van der Waals surface area contributed by atoms with Crippen LogP contribution in [0.1, 0.15) is 5.56 Å². The summed E-state index contributed by atoms with van der Waals surface area (Å²) in [4.78, 5) is 28.6. The number of benzene rings is 2. The Kier molecular flexibility index (Phi) is 4.55. The zero-order valence-electron chi connectivity index (χ0n) is 14.0. The number of nitrogens with one attached hydrogen (secondary N) is 1. The van der Waals surface area contributed by atoms with Crippen molar-refractivity contribution in [3.05, 3.63) is 65.1 Å². The van der Waals surface area contributed by atoms with Crippen molar-refractivity contribution in [2.24, 2.45) is 0 Å². The zero-order valence-corrected chi connectivity index (χ0v) is 15.6. The summed E-state index contributed by atoms with van der Waals surface area (Å²) in [5, 5.41) is 9.99. The van der Waals surface area contributed by atoms with E-state index in [0.717, 1.165) is 44.4 Å². The number of amides is 1. The number of carboxylic acids is 1. The first-order valence-corrected chi connectivity index (χ1v) is 9.40. The van der Waals surface area contributed by atoms with Crippen LogP contribution in [-0.2, 0) is 9.59 Å². The summed E-state index contributed by atoms with van der Waals surface area (Å²) in [5.74, 6) is -1.47. The van der Waals surface area contributed by atoms with E-state index in [2.05, 4.69) is 4.98 Å². The standard InChI is InChI=1S/C20H14N2O3S2/c23-17(24)11-22-19(25)16(27-20(22)26)10-14-13-8-4-5-9-15(13)21-18(14)12-6-2-1-3-7-12/h1-10,21H,11H2,(H,23,24)/b16-10+. The van der Waals surface area contributed by atoms with Crippen molar-refractivity contribution in [2.75, 3.05) is 6.54 Å². The number of aliphatic carboxylic acids is 1. The number of hydrogen-bond donors (Lipinski definition) is 2. The molecule has 134 valence electrons. The van der Waals surface area contributed by atoms with Gasteiger partial charge < -0.3 is 10.1 Å². The van der Waals surface area contributed by atoms with E-state index in [4.69, 9.17) is 17.3 Å². The minimum absolute atomic E-state index is 0.259. The van der Waals surface area contributed by atoms with E-state index in [0.29, 0.717) is 4.91 Å². The summed E-state index contributed by atoms with van der Waals surface area (Å²) in [5.41, 5.74) is 3.75. The number of thioether (sulfide) groups is 1. The van der Waals surface area contributed by atoms with Crippen LogP contribution in [-0.4, -0.2) is 37.7 Å². The molecule has 1 aliphatic heterocycles. The van der Waals surface area contributed by atoms with Crippen LogP contribution in [0, 0.1) is 0 Å². The summed E-state index contributed by atoms with van der Waals surface area (Å²) in [6, 6.07) is 17.7. The molecule has 0 spiro atoms. The molecule has 1 amide bonds. The molecule has 2 aromatic carbocycles. The van der Waals surface area contributed by atoms with Gasteiger partial charge in [-0.25, -0.2) is 0 Å². The number of thiocarbonyl (C=S) groups is 1. The normalized spacial score (nSPS) is 15.9. The smallest absolute Gasteiger partial charge is 0.323 e. The molecule has 0 saturated carbocycles. The number of carbonyl (C=O) groups is 2. The number of aromatic amines is 1. The summed E-state index contributed by atoms with van der Waals surface area (Å²) >= 11 is 6.31. The highest BCUT2D eigenvalue weighted by atomic mass is 32.2. The van der Waals surface area contributed by atoms with Crippen LogP contribution >= 0.6 is 24.0 Å². The number of H-pyrrole nitrogens is 1. The lowest BCUT2D eigenvalue weighted by Crippen LogP contribution is -2.33. The lowest BCUT2D eigenvalue weighted by Gasteiger charge is -2.10. The molecule has 0 atom stereocenters. The SMILES string of the molecule is O=C(O)CN1C(=O)/C(=C\c2c(-c3ccccc3)[nH]c3ccccc23)SC1=S. The van der Waals surface area contributed by atoms with Gasteiger partial charge in [-0.1, -0.05) is 72.5 Å². The predicted octanol–water partition coefficient (Wildman–Crippen LogP) is 4.12. The number of hydrogen-bond acceptors (Lipinski definition) is 4. The first kappa shape index (κ1) is 17.5. The molecule has 2 heterocycles. The quantitative estimate of drug-likeness (QED) is 0.514. The number of rotatable bonds is 4. The number of aromatic nitrogens is 1. The van der Waals surface area contributed by atoms with Crippen molar-refractivity contribution in [2.45, 2.75) is 0 Å². The van der Waals surface area contributed by atoms with E-state index in [1.165, 1.54) is 0 Å². The highest BCUT2D eigenvalue weighted by Crippen LogP contribution is 2.37. The predicted molar refractivity (Wildman–Crippen MR) is 111 cm³/mol. The van der Waals surface area contributed by atoms with Gasteiger partial charge in [0.15, 0.2) is 0 Å². The number of fused-ring (bicyclic) bond motifs is 1. The van der Waals surface area contributed by atoms with Crippen molar-refractivity contribution in [1.82, 2.24) is 9.88 Å². The Morgan fingerprint density at radius 1 is 1.15 bits per heavy atom. The number of nitrogens with zero attached hydrogens (tertiary/aromatic N) is 1. The fraction of sp³-hybridized carbons (Fsp3) is 0.0500. The van der Waals surface area contributed by atoms with Gasteiger partial charge in [0.1, 0.15) is 10.9 Å². The van der Waals surface area contributed by atoms with Gasteiger partial charge in [-0.3, -0.25) is 14.5 Å². The molecule has 4 rings (SSSR count).